The van der Waals surface area contributed by atoms with Gasteiger partial charge in [-0.05, 0) is 49.8 Å². The van der Waals surface area contributed by atoms with Crippen molar-refractivity contribution in [2.24, 2.45) is 0 Å². The molecule has 0 atom stereocenters. The molecule has 1 aliphatic heterocycles. The molecule has 0 saturated heterocycles. The molecule has 3 rings (SSSR count). The van der Waals surface area contributed by atoms with Gasteiger partial charge in [0.1, 0.15) is 17.2 Å². The molecule has 0 unspecified atom stereocenters. The largest absolute Gasteiger partial charge is 0.494 e. The van der Waals surface area contributed by atoms with Crippen molar-refractivity contribution in [2.45, 2.75) is 13.8 Å². The molecule has 6 nitrogen and oxygen atoms in total. The molecule has 1 aliphatic rings. The van der Waals surface area contributed by atoms with E-state index in [1.807, 2.05) is 31.2 Å². The number of carbonyl (C=O) groups is 2. The molecule has 0 bridgehead atoms. The van der Waals surface area contributed by atoms with Crippen LogP contribution in [0.5, 0.6) is 17.2 Å². The Kier molecular flexibility index (Phi) is 5.76. The zero-order valence-electron chi connectivity index (χ0n) is 15.2. The second-order valence-corrected chi connectivity index (χ2v) is 5.69. The van der Waals surface area contributed by atoms with Gasteiger partial charge in [-0.15, -0.1) is 0 Å². The van der Waals surface area contributed by atoms with E-state index in [4.69, 9.17) is 18.9 Å². The van der Waals surface area contributed by atoms with E-state index in [0.717, 1.165) is 11.3 Å². The highest BCUT2D eigenvalue weighted by atomic mass is 16.6. The van der Waals surface area contributed by atoms with Gasteiger partial charge in [-0.3, -0.25) is 4.79 Å². The van der Waals surface area contributed by atoms with Crippen molar-refractivity contribution < 1.29 is 28.5 Å². The number of hydrogen-bond donors (Lipinski definition) is 0. The third-order valence-corrected chi connectivity index (χ3v) is 3.79. The summed E-state index contributed by atoms with van der Waals surface area (Å²) in [5.41, 5.74) is 1.28. The number of ether oxygens (including phenoxy) is 4. The summed E-state index contributed by atoms with van der Waals surface area (Å²) in [5, 5.41) is 0. The number of allylic oxidation sites excluding steroid dienone is 1. The van der Waals surface area contributed by atoms with Gasteiger partial charge in [0, 0.05) is 6.07 Å². The highest BCUT2D eigenvalue weighted by Crippen LogP contribution is 2.35. The summed E-state index contributed by atoms with van der Waals surface area (Å²) in [6, 6.07) is 12.2. The third kappa shape index (κ3) is 4.47. The fourth-order valence-electron chi connectivity index (χ4n) is 2.58. The van der Waals surface area contributed by atoms with Crippen molar-refractivity contribution in [3.8, 4) is 17.2 Å². The number of benzene rings is 2. The Balaban J connectivity index is 1.71. The molecule has 0 fully saturated rings. The van der Waals surface area contributed by atoms with Gasteiger partial charge in [-0.2, -0.15) is 0 Å². The summed E-state index contributed by atoms with van der Waals surface area (Å²) >= 11 is 0. The topological polar surface area (TPSA) is 71.1 Å². The minimum atomic E-state index is -0.453. The molecule has 2 aromatic rings. The quantitative estimate of drug-likeness (QED) is 0.549. The molecule has 0 aromatic heterocycles. The maximum atomic E-state index is 12.5. The molecule has 1 heterocycles. The first-order valence-corrected chi connectivity index (χ1v) is 8.70. The molecule has 0 N–H and O–H groups in total. The Morgan fingerprint density at radius 2 is 1.74 bits per heavy atom. The van der Waals surface area contributed by atoms with Crippen molar-refractivity contribution in [3.05, 3.63) is 59.4 Å². The predicted molar refractivity (Wildman–Crippen MR) is 99.1 cm³/mol. The number of esters is 1. The first-order valence-electron chi connectivity index (χ1n) is 8.70. The van der Waals surface area contributed by atoms with Crippen LogP contribution < -0.4 is 14.2 Å². The highest BCUT2D eigenvalue weighted by Gasteiger charge is 2.27. The SMILES string of the molecule is CCOC(=O)COc1ccc2c(c1)O/C(=C\c1ccc(OCC)cc1)C2=O. The number of Topliss-reactive ketones (excluding diaryl/α,β-unsaturated/α-hetero) is 1. The molecule has 0 spiro atoms. The number of ketones is 1. The molecule has 0 radical (unpaired) electrons. The minimum Gasteiger partial charge on any atom is -0.494 e. The van der Waals surface area contributed by atoms with Crippen LogP contribution in [0, 0.1) is 0 Å². The second kappa shape index (κ2) is 8.40. The summed E-state index contributed by atoms with van der Waals surface area (Å²) in [4.78, 5) is 23.9. The molecule has 0 aliphatic carbocycles. The Bertz CT molecular complexity index is 867. The van der Waals surface area contributed by atoms with E-state index in [9.17, 15) is 9.59 Å². The van der Waals surface area contributed by atoms with Gasteiger partial charge in [-0.25, -0.2) is 4.79 Å². The predicted octanol–water partition coefficient (Wildman–Crippen LogP) is 3.64. The maximum absolute atomic E-state index is 12.5. The van der Waals surface area contributed by atoms with E-state index in [-0.39, 0.29) is 18.1 Å². The van der Waals surface area contributed by atoms with Gasteiger partial charge in [0.2, 0.25) is 5.78 Å². The zero-order valence-corrected chi connectivity index (χ0v) is 15.2. The lowest BCUT2D eigenvalue weighted by Gasteiger charge is -2.06. The molecule has 0 saturated carbocycles. The number of hydrogen-bond acceptors (Lipinski definition) is 6. The zero-order chi connectivity index (χ0) is 19.2. The lowest BCUT2D eigenvalue weighted by atomic mass is 10.1. The normalized spacial score (nSPS) is 13.9. The van der Waals surface area contributed by atoms with Crippen LogP contribution in [0.15, 0.2) is 48.2 Å². The summed E-state index contributed by atoms with van der Waals surface area (Å²) < 4.78 is 21.3. The van der Waals surface area contributed by atoms with Crippen molar-refractivity contribution in [1.29, 1.82) is 0 Å². The van der Waals surface area contributed by atoms with Crippen LogP contribution >= 0.6 is 0 Å². The second-order valence-electron chi connectivity index (χ2n) is 5.69. The molecular formula is C21H20O6. The van der Waals surface area contributed by atoms with Crippen molar-refractivity contribution in [3.63, 3.8) is 0 Å². The molecule has 140 valence electrons. The van der Waals surface area contributed by atoms with E-state index in [2.05, 4.69) is 0 Å². The average Bonchev–Trinajstić information content (AvgIpc) is 2.97. The molecule has 2 aromatic carbocycles. The lowest BCUT2D eigenvalue weighted by molar-refractivity contribution is -0.145. The Morgan fingerprint density at radius 1 is 1.00 bits per heavy atom. The van der Waals surface area contributed by atoms with E-state index in [1.165, 1.54) is 0 Å². The van der Waals surface area contributed by atoms with Crippen LogP contribution in [0.25, 0.3) is 6.08 Å². The van der Waals surface area contributed by atoms with Gasteiger partial charge in [-0.1, -0.05) is 12.1 Å². The van der Waals surface area contributed by atoms with Gasteiger partial charge in [0.15, 0.2) is 12.4 Å². The first-order chi connectivity index (χ1) is 13.1. The van der Waals surface area contributed by atoms with Crippen LogP contribution in [0.1, 0.15) is 29.8 Å². The van der Waals surface area contributed by atoms with Gasteiger partial charge < -0.3 is 18.9 Å². The van der Waals surface area contributed by atoms with Crippen molar-refractivity contribution >= 4 is 17.8 Å². The fourth-order valence-corrected chi connectivity index (χ4v) is 2.58. The van der Waals surface area contributed by atoms with Crippen LogP contribution in [0.4, 0.5) is 0 Å². The molecular weight excluding hydrogens is 348 g/mol. The summed E-state index contributed by atoms with van der Waals surface area (Å²) in [7, 11) is 0. The van der Waals surface area contributed by atoms with Crippen molar-refractivity contribution in [1.82, 2.24) is 0 Å². The monoisotopic (exact) mass is 368 g/mol. The standard InChI is InChI=1S/C21H20O6/c1-3-24-15-7-5-14(6-8-15)11-19-21(23)17-10-9-16(12-18(17)27-19)26-13-20(22)25-4-2/h5-12H,3-4,13H2,1-2H3/b19-11-. The van der Waals surface area contributed by atoms with Crippen LogP contribution in [0.2, 0.25) is 0 Å². The number of rotatable bonds is 7. The Morgan fingerprint density at radius 3 is 2.44 bits per heavy atom. The van der Waals surface area contributed by atoms with Crippen molar-refractivity contribution in [2.75, 3.05) is 19.8 Å². The minimum absolute atomic E-state index is 0.198. The molecule has 27 heavy (non-hydrogen) atoms. The van der Waals surface area contributed by atoms with E-state index >= 15 is 0 Å². The smallest absolute Gasteiger partial charge is 0.344 e. The molecule has 6 heteroatoms. The highest BCUT2D eigenvalue weighted by molar-refractivity contribution is 6.14. The average molecular weight is 368 g/mol. The molecule has 0 amide bonds. The summed E-state index contributed by atoms with van der Waals surface area (Å²) in [5.74, 6) is 1.18. The van der Waals surface area contributed by atoms with E-state index in [0.29, 0.717) is 30.3 Å². The van der Waals surface area contributed by atoms with Crippen LogP contribution in [-0.4, -0.2) is 31.6 Å². The van der Waals surface area contributed by atoms with E-state index < -0.39 is 5.97 Å². The Hall–Kier alpha value is -3.28. The first kappa shape index (κ1) is 18.5. The number of fused-ring (bicyclic) bond motifs is 1. The van der Waals surface area contributed by atoms with Crippen LogP contribution in [0.3, 0.4) is 0 Å². The maximum Gasteiger partial charge on any atom is 0.344 e. The number of carbonyl (C=O) groups excluding carboxylic acids is 2. The summed E-state index contributed by atoms with van der Waals surface area (Å²) in [6.07, 6.45) is 1.68. The Labute approximate surface area is 157 Å². The fraction of sp³-hybridized carbons (Fsp3) is 0.238. The summed E-state index contributed by atoms with van der Waals surface area (Å²) in [6.45, 7) is 4.34. The lowest BCUT2D eigenvalue weighted by Crippen LogP contribution is -2.14. The van der Waals surface area contributed by atoms with Crippen LogP contribution in [-0.2, 0) is 9.53 Å². The van der Waals surface area contributed by atoms with Gasteiger partial charge in [0.05, 0.1) is 18.8 Å². The van der Waals surface area contributed by atoms with E-state index in [1.54, 1.807) is 31.2 Å². The van der Waals surface area contributed by atoms with Gasteiger partial charge in [0.25, 0.3) is 0 Å². The third-order valence-electron chi connectivity index (χ3n) is 3.79. The van der Waals surface area contributed by atoms with Gasteiger partial charge >= 0.3 is 5.97 Å².